The standard InChI is InChI=1S/C27H26N2OS2/c1-3-8-24-25(21-13-11-20(12-14-21)19-9-6-5-7-10-19)28-27(32-24)29-26(30)22-15-17-23(18-16-22)31-4-2/h5-7,9-18H,3-4,8H2,1-2H3,(H,28,29,30). The predicted molar refractivity (Wildman–Crippen MR) is 138 cm³/mol. The third kappa shape index (κ3) is 5.29. The molecular formula is C27H26N2OS2. The number of anilines is 1. The molecule has 0 radical (unpaired) electrons. The van der Waals surface area contributed by atoms with E-state index >= 15 is 0 Å². The van der Waals surface area contributed by atoms with Crippen molar-refractivity contribution in [2.75, 3.05) is 11.1 Å². The first kappa shape index (κ1) is 22.3. The lowest BCUT2D eigenvalue weighted by molar-refractivity contribution is 0.102. The molecule has 1 N–H and O–H groups in total. The number of hydrogen-bond acceptors (Lipinski definition) is 4. The number of benzene rings is 3. The fraction of sp³-hybridized carbons (Fsp3) is 0.185. The normalized spacial score (nSPS) is 10.8. The number of nitrogens with zero attached hydrogens (tertiary/aromatic N) is 1. The van der Waals surface area contributed by atoms with Gasteiger partial charge in [-0.1, -0.05) is 74.9 Å². The van der Waals surface area contributed by atoms with Crippen LogP contribution >= 0.6 is 23.1 Å². The van der Waals surface area contributed by atoms with Crippen LogP contribution in [0.25, 0.3) is 22.4 Å². The number of nitrogens with one attached hydrogen (secondary N) is 1. The number of thiazole rings is 1. The van der Waals surface area contributed by atoms with Crippen LogP contribution in [0.15, 0.2) is 83.8 Å². The van der Waals surface area contributed by atoms with Gasteiger partial charge in [0.25, 0.3) is 5.91 Å². The van der Waals surface area contributed by atoms with Gasteiger partial charge in [-0.3, -0.25) is 10.1 Å². The minimum absolute atomic E-state index is 0.124. The van der Waals surface area contributed by atoms with E-state index in [4.69, 9.17) is 4.98 Å². The van der Waals surface area contributed by atoms with Crippen LogP contribution in [0.5, 0.6) is 0 Å². The molecule has 5 heteroatoms. The van der Waals surface area contributed by atoms with Crippen molar-refractivity contribution in [2.45, 2.75) is 31.6 Å². The van der Waals surface area contributed by atoms with E-state index in [1.54, 1.807) is 23.1 Å². The van der Waals surface area contributed by atoms with Crippen LogP contribution in [0.3, 0.4) is 0 Å². The first-order valence-corrected chi connectivity index (χ1v) is 12.7. The van der Waals surface area contributed by atoms with Gasteiger partial charge in [0.1, 0.15) is 0 Å². The van der Waals surface area contributed by atoms with Gasteiger partial charge in [-0.2, -0.15) is 0 Å². The molecule has 162 valence electrons. The van der Waals surface area contributed by atoms with Crippen LogP contribution in [-0.2, 0) is 6.42 Å². The molecule has 3 nitrogen and oxygen atoms in total. The van der Waals surface area contributed by atoms with E-state index in [1.165, 1.54) is 20.9 Å². The number of aromatic nitrogens is 1. The maximum atomic E-state index is 12.7. The van der Waals surface area contributed by atoms with Crippen LogP contribution < -0.4 is 5.32 Å². The van der Waals surface area contributed by atoms with Crippen LogP contribution in [0.1, 0.15) is 35.5 Å². The Hall–Kier alpha value is -2.89. The number of thioether (sulfide) groups is 1. The minimum Gasteiger partial charge on any atom is -0.298 e. The maximum absolute atomic E-state index is 12.7. The zero-order valence-corrected chi connectivity index (χ0v) is 19.9. The Kier molecular flexibility index (Phi) is 7.40. The van der Waals surface area contributed by atoms with Gasteiger partial charge in [-0.05, 0) is 47.6 Å². The average molecular weight is 459 g/mol. The van der Waals surface area contributed by atoms with Gasteiger partial charge in [0.05, 0.1) is 5.69 Å². The Morgan fingerprint density at radius 2 is 1.53 bits per heavy atom. The van der Waals surface area contributed by atoms with Crippen LogP contribution in [-0.4, -0.2) is 16.6 Å². The average Bonchev–Trinajstić information content (AvgIpc) is 3.23. The molecule has 4 rings (SSSR count). The molecule has 0 aliphatic heterocycles. The first-order valence-electron chi connectivity index (χ1n) is 10.9. The monoisotopic (exact) mass is 458 g/mol. The number of hydrogen-bond donors (Lipinski definition) is 1. The summed E-state index contributed by atoms with van der Waals surface area (Å²) >= 11 is 3.33. The Morgan fingerprint density at radius 1 is 0.875 bits per heavy atom. The van der Waals surface area contributed by atoms with Crippen molar-refractivity contribution in [2.24, 2.45) is 0 Å². The van der Waals surface area contributed by atoms with Crippen molar-refractivity contribution in [1.82, 2.24) is 4.98 Å². The summed E-state index contributed by atoms with van der Waals surface area (Å²) in [6, 6.07) is 26.6. The van der Waals surface area contributed by atoms with Gasteiger partial charge in [0.2, 0.25) is 0 Å². The van der Waals surface area contributed by atoms with Gasteiger partial charge in [0.15, 0.2) is 5.13 Å². The van der Waals surface area contributed by atoms with Crippen LogP contribution in [0.4, 0.5) is 5.13 Å². The van der Waals surface area contributed by atoms with E-state index in [0.717, 1.165) is 29.9 Å². The van der Waals surface area contributed by atoms with Crippen molar-refractivity contribution in [1.29, 1.82) is 0 Å². The molecule has 1 aromatic heterocycles. The summed E-state index contributed by atoms with van der Waals surface area (Å²) < 4.78 is 0. The molecule has 0 atom stereocenters. The fourth-order valence-corrected chi connectivity index (χ4v) is 5.26. The zero-order valence-electron chi connectivity index (χ0n) is 18.3. The van der Waals surface area contributed by atoms with E-state index in [-0.39, 0.29) is 5.91 Å². The van der Waals surface area contributed by atoms with Crippen molar-refractivity contribution in [3.8, 4) is 22.4 Å². The predicted octanol–water partition coefficient (Wildman–Crippen LogP) is 7.79. The number of amides is 1. The number of carbonyl (C=O) groups excluding carboxylic acids is 1. The molecule has 0 spiro atoms. The third-order valence-corrected chi connectivity index (χ3v) is 7.01. The molecule has 0 saturated heterocycles. The topological polar surface area (TPSA) is 42.0 Å². The van der Waals surface area contributed by atoms with E-state index in [0.29, 0.717) is 10.7 Å². The van der Waals surface area contributed by atoms with Crippen LogP contribution in [0, 0.1) is 0 Å². The highest BCUT2D eigenvalue weighted by atomic mass is 32.2. The lowest BCUT2D eigenvalue weighted by Gasteiger charge is -2.05. The zero-order chi connectivity index (χ0) is 22.3. The lowest BCUT2D eigenvalue weighted by Crippen LogP contribution is -2.11. The SMILES string of the molecule is CCCc1sc(NC(=O)c2ccc(SCC)cc2)nc1-c1ccc(-c2ccccc2)cc1. The highest BCUT2D eigenvalue weighted by Crippen LogP contribution is 2.33. The van der Waals surface area contributed by atoms with Gasteiger partial charge < -0.3 is 0 Å². The minimum atomic E-state index is -0.124. The van der Waals surface area contributed by atoms with Crippen molar-refractivity contribution < 1.29 is 4.79 Å². The van der Waals surface area contributed by atoms with Crippen molar-refractivity contribution in [3.63, 3.8) is 0 Å². The molecule has 1 amide bonds. The Morgan fingerprint density at radius 3 is 2.19 bits per heavy atom. The van der Waals surface area contributed by atoms with E-state index in [1.807, 2.05) is 42.5 Å². The summed E-state index contributed by atoms with van der Waals surface area (Å²) in [4.78, 5) is 19.9. The second kappa shape index (κ2) is 10.6. The number of rotatable bonds is 8. The van der Waals surface area contributed by atoms with Gasteiger partial charge >= 0.3 is 0 Å². The lowest BCUT2D eigenvalue weighted by atomic mass is 10.0. The molecule has 3 aromatic carbocycles. The van der Waals surface area contributed by atoms with E-state index in [9.17, 15) is 4.79 Å². The quantitative estimate of drug-likeness (QED) is 0.274. The second-order valence-electron chi connectivity index (χ2n) is 7.40. The summed E-state index contributed by atoms with van der Waals surface area (Å²) in [5.74, 6) is 0.890. The van der Waals surface area contributed by atoms with Crippen molar-refractivity contribution >= 4 is 34.1 Å². The Bertz CT molecular complexity index is 1170. The molecule has 0 unspecified atom stereocenters. The summed E-state index contributed by atoms with van der Waals surface area (Å²) in [7, 11) is 0. The first-order chi connectivity index (χ1) is 15.7. The molecule has 0 aliphatic rings. The summed E-state index contributed by atoms with van der Waals surface area (Å²) in [6.45, 7) is 4.28. The second-order valence-corrected chi connectivity index (χ2v) is 9.82. The molecule has 0 aliphatic carbocycles. The number of carbonyl (C=O) groups is 1. The largest absolute Gasteiger partial charge is 0.298 e. The molecule has 0 bridgehead atoms. The Balaban J connectivity index is 1.55. The van der Waals surface area contributed by atoms with E-state index in [2.05, 4.69) is 55.6 Å². The molecule has 0 fully saturated rings. The van der Waals surface area contributed by atoms with Gasteiger partial charge in [-0.15, -0.1) is 23.1 Å². The molecule has 0 saturated carbocycles. The molecular weight excluding hydrogens is 432 g/mol. The van der Waals surface area contributed by atoms with Crippen LogP contribution in [0.2, 0.25) is 0 Å². The fourth-order valence-electron chi connectivity index (χ4n) is 3.52. The van der Waals surface area contributed by atoms with Gasteiger partial charge in [-0.25, -0.2) is 4.98 Å². The number of aryl methyl sites for hydroxylation is 1. The maximum Gasteiger partial charge on any atom is 0.257 e. The van der Waals surface area contributed by atoms with Gasteiger partial charge in [0, 0.05) is 20.9 Å². The summed E-state index contributed by atoms with van der Waals surface area (Å²) in [5.41, 5.74) is 5.06. The highest BCUT2D eigenvalue weighted by Gasteiger charge is 2.15. The highest BCUT2D eigenvalue weighted by molar-refractivity contribution is 7.99. The van der Waals surface area contributed by atoms with Crippen molar-refractivity contribution in [3.05, 3.63) is 89.3 Å². The molecule has 1 heterocycles. The molecule has 4 aromatic rings. The molecule has 32 heavy (non-hydrogen) atoms. The third-order valence-electron chi connectivity index (χ3n) is 5.09. The smallest absolute Gasteiger partial charge is 0.257 e. The summed E-state index contributed by atoms with van der Waals surface area (Å²) in [6.07, 6.45) is 1.97. The Labute approximate surface area is 197 Å². The summed E-state index contributed by atoms with van der Waals surface area (Å²) in [5, 5.41) is 3.64. The van der Waals surface area contributed by atoms with E-state index < -0.39 is 0 Å².